The Morgan fingerprint density at radius 1 is 0.368 bits per heavy atom. The lowest BCUT2D eigenvalue weighted by Crippen LogP contribution is -2.30. The summed E-state index contributed by atoms with van der Waals surface area (Å²) in [6.45, 7) is 9.45. The van der Waals surface area contributed by atoms with Crippen LogP contribution in [0, 0.1) is 11.8 Å². The summed E-state index contributed by atoms with van der Waals surface area (Å²) >= 11 is 0. The van der Waals surface area contributed by atoms with Crippen molar-refractivity contribution in [1.29, 1.82) is 0 Å². The lowest BCUT2D eigenvalue weighted by atomic mass is 9.82. The van der Waals surface area contributed by atoms with Crippen molar-refractivity contribution < 1.29 is 60.0 Å². The van der Waals surface area contributed by atoms with E-state index >= 15 is 0 Å². The molecule has 2 fully saturated rings. The molecule has 2 saturated carbocycles. The van der Waals surface area contributed by atoms with E-state index < -0.39 is 0 Å². The molecule has 0 heterocycles. The number of carbonyl (C=O) groups excluding carboxylic acids is 6. The number of unbranched alkanes of at least 4 members (excludes halogenated alkanes) is 10. The third-order valence-corrected chi connectivity index (χ3v) is 14.2. The number of carbonyl (C=O) groups is 6. The van der Waals surface area contributed by atoms with Gasteiger partial charge in [-0.2, -0.15) is 0 Å². The third-order valence-electron chi connectivity index (χ3n) is 14.2. The maximum atomic E-state index is 12.7. The zero-order valence-electron chi connectivity index (χ0n) is 45.8. The van der Waals surface area contributed by atoms with E-state index in [1.807, 2.05) is 48.5 Å². The molecule has 0 spiro atoms. The Bertz CT molecular complexity index is 2190. The highest BCUT2D eigenvalue weighted by Crippen LogP contribution is 2.32. The van der Waals surface area contributed by atoms with E-state index in [-0.39, 0.29) is 62.7 Å². The standard InChI is InChI=1S/C34H44O8.C30H40O4.2H2/c1-3-5-7-9-23-39-31(35)25-15-19-29(20-16-25)41-33(37)27-11-13-28(14-12-27)34(38)42-30-21-17-26(18-22-30)32(36)40-24-10-8-6-4-2;1-3-5-7-9-23-11-15-25(16-12-23)29(31)33-27-19-21-28(22-20-27)34-30(32)26-17-13-24(14-18-26)10-8-6-4-2;;/h15-22,27-28H,3-14,23-24H2,1-2H3;11-18,27-28H,3-10,19-22H2,1-2H3;2*1H. The largest absolute Gasteiger partial charge is 0.462 e. The average molecular weight is 1050 g/mol. The molecule has 0 saturated heterocycles. The van der Waals surface area contributed by atoms with Crippen LogP contribution in [0.5, 0.6) is 11.5 Å². The fourth-order valence-electron chi connectivity index (χ4n) is 9.32. The zero-order chi connectivity index (χ0) is 54.3. The van der Waals surface area contributed by atoms with Gasteiger partial charge in [0.2, 0.25) is 0 Å². The SMILES string of the molecule is CCCCCCOC(=O)c1ccc(OC(=O)C2CCC(C(=O)Oc3ccc(C(=O)OCCCCCC)cc3)CC2)cc1.CCCCCc1ccc(C(=O)OC2CCC(OC(=O)c3ccc(CCCCC)cc3)CC2)cc1.[HH].[HH]. The molecule has 416 valence electrons. The van der Waals surface area contributed by atoms with Crippen LogP contribution in [0.25, 0.3) is 0 Å². The minimum atomic E-state index is -0.388. The summed E-state index contributed by atoms with van der Waals surface area (Å²) in [6.07, 6.45) is 22.3. The van der Waals surface area contributed by atoms with Crippen molar-refractivity contribution in [3.05, 3.63) is 130 Å². The van der Waals surface area contributed by atoms with Crippen LogP contribution in [-0.4, -0.2) is 61.2 Å². The van der Waals surface area contributed by atoms with Crippen LogP contribution in [0.3, 0.4) is 0 Å². The highest BCUT2D eigenvalue weighted by atomic mass is 16.6. The Balaban J connectivity index is 0.000000408. The van der Waals surface area contributed by atoms with Gasteiger partial charge >= 0.3 is 35.8 Å². The quantitative estimate of drug-likeness (QED) is 0.0230. The van der Waals surface area contributed by atoms with Crippen molar-refractivity contribution in [2.75, 3.05) is 13.2 Å². The number of aryl methyl sites for hydroxylation is 2. The summed E-state index contributed by atoms with van der Waals surface area (Å²) in [6, 6.07) is 28.3. The first-order valence-electron chi connectivity index (χ1n) is 28.6. The molecule has 4 aromatic carbocycles. The van der Waals surface area contributed by atoms with Crippen molar-refractivity contribution >= 4 is 35.8 Å². The summed E-state index contributed by atoms with van der Waals surface area (Å²) < 4.78 is 33.1. The number of esters is 6. The van der Waals surface area contributed by atoms with E-state index in [4.69, 9.17) is 28.4 Å². The molecule has 0 radical (unpaired) electrons. The topological polar surface area (TPSA) is 158 Å². The van der Waals surface area contributed by atoms with Crippen LogP contribution in [0.4, 0.5) is 0 Å². The van der Waals surface area contributed by atoms with Crippen LogP contribution in [0.1, 0.15) is 224 Å². The maximum Gasteiger partial charge on any atom is 0.338 e. The second-order valence-corrected chi connectivity index (χ2v) is 20.4. The van der Waals surface area contributed by atoms with Gasteiger partial charge in [-0.1, -0.05) is 116 Å². The predicted molar refractivity (Wildman–Crippen MR) is 299 cm³/mol. The Kier molecular flexibility index (Phi) is 27.4. The van der Waals surface area contributed by atoms with Crippen LogP contribution in [0.15, 0.2) is 97.1 Å². The molecule has 0 bridgehead atoms. The van der Waals surface area contributed by atoms with E-state index in [0.717, 1.165) is 89.9 Å². The van der Waals surface area contributed by atoms with Crippen LogP contribution >= 0.6 is 0 Å². The lowest BCUT2D eigenvalue weighted by molar-refractivity contribution is -0.145. The van der Waals surface area contributed by atoms with Gasteiger partial charge in [0.1, 0.15) is 23.7 Å². The van der Waals surface area contributed by atoms with Gasteiger partial charge in [-0.05, 0) is 174 Å². The number of hydrogen-bond donors (Lipinski definition) is 0. The molecule has 0 atom stereocenters. The first-order chi connectivity index (χ1) is 37.0. The molecule has 6 rings (SSSR count). The van der Waals surface area contributed by atoms with Crippen molar-refractivity contribution in [1.82, 2.24) is 0 Å². The van der Waals surface area contributed by atoms with Gasteiger partial charge in [-0.25, -0.2) is 19.2 Å². The third kappa shape index (κ3) is 21.7. The highest BCUT2D eigenvalue weighted by Gasteiger charge is 2.32. The summed E-state index contributed by atoms with van der Waals surface area (Å²) in [4.78, 5) is 74.8. The van der Waals surface area contributed by atoms with Gasteiger partial charge in [0.15, 0.2) is 0 Å². The summed E-state index contributed by atoms with van der Waals surface area (Å²) in [5.41, 5.74) is 4.56. The Morgan fingerprint density at radius 2 is 0.671 bits per heavy atom. The first kappa shape index (κ1) is 60.6. The van der Waals surface area contributed by atoms with Crippen LogP contribution < -0.4 is 9.47 Å². The molecular weight excluding hydrogens is 961 g/mol. The van der Waals surface area contributed by atoms with Gasteiger partial charge in [0.25, 0.3) is 0 Å². The van der Waals surface area contributed by atoms with E-state index in [9.17, 15) is 28.8 Å². The van der Waals surface area contributed by atoms with E-state index in [0.29, 0.717) is 72.6 Å². The molecule has 12 nitrogen and oxygen atoms in total. The molecule has 76 heavy (non-hydrogen) atoms. The minimum absolute atomic E-state index is 0. The minimum Gasteiger partial charge on any atom is -0.462 e. The predicted octanol–water partition coefficient (Wildman–Crippen LogP) is 15.4. The van der Waals surface area contributed by atoms with Crippen molar-refractivity contribution in [3.63, 3.8) is 0 Å². The zero-order valence-corrected chi connectivity index (χ0v) is 45.8. The van der Waals surface area contributed by atoms with Gasteiger partial charge in [0, 0.05) is 2.85 Å². The summed E-state index contributed by atoms with van der Waals surface area (Å²) in [5, 5.41) is 0. The Hall–Kier alpha value is -6.30. The normalized spacial score (nSPS) is 17.0. The van der Waals surface area contributed by atoms with Gasteiger partial charge < -0.3 is 28.4 Å². The molecular formula is C64H88O12. The average Bonchev–Trinajstić information content (AvgIpc) is 3.45. The fraction of sp³-hybridized carbons (Fsp3) is 0.531. The molecule has 12 heteroatoms. The van der Waals surface area contributed by atoms with E-state index in [1.165, 1.54) is 49.7 Å². The number of ether oxygens (including phenoxy) is 6. The summed E-state index contributed by atoms with van der Waals surface area (Å²) in [5.74, 6) is -1.89. The second-order valence-electron chi connectivity index (χ2n) is 20.4. The monoisotopic (exact) mass is 1050 g/mol. The smallest absolute Gasteiger partial charge is 0.338 e. The van der Waals surface area contributed by atoms with E-state index in [1.54, 1.807) is 48.5 Å². The molecule has 0 aromatic heterocycles. The van der Waals surface area contributed by atoms with Crippen molar-refractivity contribution in [2.45, 2.75) is 194 Å². The van der Waals surface area contributed by atoms with E-state index in [2.05, 4.69) is 27.7 Å². The van der Waals surface area contributed by atoms with Gasteiger partial charge in [0.05, 0.1) is 47.3 Å². The molecule has 0 amide bonds. The molecule has 0 unspecified atom stereocenters. The number of benzene rings is 4. The molecule has 0 aliphatic heterocycles. The number of rotatable bonds is 28. The molecule has 0 N–H and O–H groups in total. The molecule has 2 aliphatic rings. The Morgan fingerprint density at radius 3 is 1.00 bits per heavy atom. The lowest BCUT2D eigenvalue weighted by Gasteiger charge is -2.28. The Labute approximate surface area is 455 Å². The van der Waals surface area contributed by atoms with Crippen LogP contribution in [0.2, 0.25) is 0 Å². The molecule has 4 aromatic rings. The van der Waals surface area contributed by atoms with Crippen molar-refractivity contribution in [2.24, 2.45) is 11.8 Å². The van der Waals surface area contributed by atoms with Crippen molar-refractivity contribution in [3.8, 4) is 11.5 Å². The number of hydrogen-bond acceptors (Lipinski definition) is 12. The summed E-state index contributed by atoms with van der Waals surface area (Å²) in [7, 11) is 0. The van der Waals surface area contributed by atoms with Gasteiger partial charge in [-0.15, -0.1) is 0 Å². The fourth-order valence-corrected chi connectivity index (χ4v) is 9.32. The van der Waals surface area contributed by atoms with Crippen LogP contribution in [-0.2, 0) is 41.4 Å². The van der Waals surface area contributed by atoms with Gasteiger partial charge in [-0.3, -0.25) is 9.59 Å². The first-order valence-corrected chi connectivity index (χ1v) is 28.6. The molecule has 2 aliphatic carbocycles. The highest BCUT2D eigenvalue weighted by molar-refractivity contribution is 5.91. The maximum absolute atomic E-state index is 12.7. The second kappa shape index (κ2) is 34.4.